The first-order valence-electron chi connectivity index (χ1n) is 5.71. The monoisotopic (exact) mass is 295 g/mol. The van der Waals surface area contributed by atoms with Crippen molar-refractivity contribution in [2.45, 2.75) is 18.4 Å². The van der Waals surface area contributed by atoms with Crippen molar-refractivity contribution in [3.05, 3.63) is 42.2 Å². The first-order valence-corrected chi connectivity index (χ1v) is 7.19. The molecule has 7 nitrogen and oxygen atoms in total. The third-order valence-corrected chi connectivity index (χ3v) is 3.93. The number of nitrogens with one attached hydrogen (secondary N) is 1. The van der Waals surface area contributed by atoms with Crippen molar-refractivity contribution in [1.29, 1.82) is 0 Å². The molecule has 0 aliphatic carbocycles. The van der Waals surface area contributed by atoms with Crippen molar-refractivity contribution in [2.75, 3.05) is 4.72 Å². The highest BCUT2D eigenvalue weighted by Gasteiger charge is 2.17. The van der Waals surface area contributed by atoms with E-state index in [9.17, 15) is 13.2 Å². The van der Waals surface area contributed by atoms with Crippen molar-refractivity contribution < 1.29 is 18.3 Å². The number of para-hydroxylation sites is 1. The fraction of sp³-hybridized carbons (Fsp3) is 0.167. The van der Waals surface area contributed by atoms with Crippen molar-refractivity contribution in [3.8, 4) is 0 Å². The summed E-state index contributed by atoms with van der Waals surface area (Å²) in [7, 11) is -3.78. The molecule has 0 spiro atoms. The van der Waals surface area contributed by atoms with E-state index in [2.05, 4.69) is 9.82 Å². The van der Waals surface area contributed by atoms with Crippen LogP contribution in [0.25, 0.3) is 0 Å². The zero-order valence-corrected chi connectivity index (χ0v) is 11.5. The van der Waals surface area contributed by atoms with Crippen molar-refractivity contribution in [1.82, 2.24) is 9.78 Å². The van der Waals surface area contributed by atoms with Crippen LogP contribution in [0.5, 0.6) is 0 Å². The van der Waals surface area contributed by atoms with Gasteiger partial charge >= 0.3 is 5.97 Å². The van der Waals surface area contributed by atoms with Gasteiger partial charge in [0.05, 0.1) is 11.9 Å². The minimum Gasteiger partial charge on any atom is -0.480 e. The molecule has 1 aromatic carbocycles. The van der Waals surface area contributed by atoms with Gasteiger partial charge in [0.25, 0.3) is 10.0 Å². The molecule has 8 heteroatoms. The number of aryl methyl sites for hydroxylation is 1. The molecule has 0 fully saturated rings. The summed E-state index contributed by atoms with van der Waals surface area (Å²) in [6, 6.07) is 6.96. The lowest BCUT2D eigenvalue weighted by atomic mass is 10.2. The van der Waals surface area contributed by atoms with Crippen LogP contribution in [0.15, 0.2) is 41.6 Å². The van der Waals surface area contributed by atoms with E-state index in [0.717, 1.165) is 16.4 Å². The second-order valence-corrected chi connectivity index (χ2v) is 5.87. The Morgan fingerprint density at radius 3 is 2.75 bits per heavy atom. The number of aromatic nitrogens is 2. The predicted molar refractivity (Wildman–Crippen MR) is 71.9 cm³/mol. The Labute approximate surface area is 115 Å². The van der Waals surface area contributed by atoms with E-state index in [4.69, 9.17) is 5.11 Å². The number of anilines is 1. The minimum absolute atomic E-state index is 0.0815. The number of carboxylic acid groups (broad SMARTS) is 1. The molecule has 2 rings (SSSR count). The number of rotatable bonds is 5. The van der Waals surface area contributed by atoms with Crippen LogP contribution in [0, 0.1) is 6.92 Å². The fourth-order valence-corrected chi connectivity index (χ4v) is 2.68. The maximum absolute atomic E-state index is 12.1. The Bertz CT molecular complexity index is 737. The van der Waals surface area contributed by atoms with Crippen LogP contribution in [-0.2, 0) is 21.4 Å². The summed E-state index contributed by atoms with van der Waals surface area (Å²) in [5, 5.41) is 12.3. The normalized spacial score (nSPS) is 11.2. The molecule has 0 saturated heterocycles. The Balaban J connectivity index is 2.25. The van der Waals surface area contributed by atoms with Crippen LogP contribution in [0.2, 0.25) is 0 Å². The van der Waals surface area contributed by atoms with Crippen molar-refractivity contribution in [3.63, 3.8) is 0 Å². The highest BCUT2D eigenvalue weighted by molar-refractivity contribution is 7.92. The fourth-order valence-electron chi connectivity index (χ4n) is 1.60. The number of aliphatic carboxylic acids is 1. The second-order valence-electron chi connectivity index (χ2n) is 4.19. The number of hydrogen-bond acceptors (Lipinski definition) is 4. The molecule has 0 saturated carbocycles. The third kappa shape index (κ3) is 3.15. The van der Waals surface area contributed by atoms with Gasteiger partial charge in [0, 0.05) is 6.20 Å². The van der Waals surface area contributed by atoms with E-state index in [1.807, 2.05) is 0 Å². The zero-order valence-electron chi connectivity index (χ0n) is 10.6. The van der Waals surface area contributed by atoms with Gasteiger partial charge in [-0.25, -0.2) is 8.42 Å². The van der Waals surface area contributed by atoms with Gasteiger partial charge < -0.3 is 5.11 Å². The van der Waals surface area contributed by atoms with Gasteiger partial charge in [-0.3, -0.25) is 14.2 Å². The molecule has 0 bridgehead atoms. The van der Waals surface area contributed by atoms with Gasteiger partial charge in [0.1, 0.15) is 11.4 Å². The van der Waals surface area contributed by atoms with Gasteiger partial charge in [-0.1, -0.05) is 18.2 Å². The van der Waals surface area contributed by atoms with Crippen LogP contribution >= 0.6 is 0 Å². The molecule has 0 unspecified atom stereocenters. The Morgan fingerprint density at radius 2 is 2.10 bits per heavy atom. The number of carboxylic acids is 1. The van der Waals surface area contributed by atoms with Crippen LogP contribution in [0.4, 0.5) is 5.69 Å². The second kappa shape index (κ2) is 5.33. The quantitative estimate of drug-likeness (QED) is 0.859. The number of hydrogen-bond donors (Lipinski definition) is 2. The van der Waals surface area contributed by atoms with E-state index in [1.54, 1.807) is 31.2 Å². The predicted octanol–water partition coefficient (Wildman–Crippen LogP) is 1.08. The van der Waals surface area contributed by atoms with E-state index in [1.165, 1.54) is 6.20 Å². The average Bonchev–Trinajstić information content (AvgIpc) is 2.80. The summed E-state index contributed by atoms with van der Waals surface area (Å²) in [5.74, 6) is -1.09. The molecule has 1 aromatic heterocycles. The van der Waals surface area contributed by atoms with Gasteiger partial charge in [-0.2, -0.15) is 5.10 Å². The molecule has 0 aliphatic heterocycles. The minimum atomic E-state index is -3.78. The molecule has 2 aromatic rings. The average molecular weight is 295 g/mol. The first kappa shape index (κ1) is 14.1. The smallest absolute Gasteiger partial charge is 0.325 e. The first-order chi connectivity index (χ1) is 9.38. The molecule has 1 heterocycles. The summed E-state index contributed by atoms with van der Waals surface area (Å²) in [6.07, 6.45) is 2.29. The molecule has 106 valence electrons. The molecular formula is C12H13N3O4S. The van der Waals surface area contributed by atoms with Crippen molar-refractivity contribution in [2.24, 2.45) is 0 Å². The maximum Gasteiger partial charge on any atom is 0.325 e. The third-order valence-electron chi connectivity index (χ3n) is 2.61. The molecule has 0 amide bonds. The molecular weight excluding hydrogens is 282 g/mol. The molecule has 20 heavy (non-hydrogen) atoms. The lowest BCUT2D eigenvalue weighted by molar-refractivity contribution is -0.137. The number of sulfonamides is 1. The highest BCUT2D eigenvalue weighted by atomic mass is 32.2. The summed E-state index contributed by atoms with van der Waals surface area (Å²) in [4.78, 5) is 10.5. The van der Waals surface area contributed by atoms with Crippen molar-refractivity contribution >= 4 is 21.7 Å². The molecule has 2 N–H and O–H groups in total. The standard InChI is InChI=1S/C12H13N3O4S/c1-9-4-2-3-5-11(9)14-20(18,19)10-6-13-15(7-10)8-12(16)17/h2-7,14H,8H2,1H3,(H,16,17). The Kier molecular flexibility index (Phi) is 3.75. The largest absolute Gasteiger partial charge is 0.480 e. The molecule has 0 atom stereocenters. The molecule has 0 radical (unpaired) electrons. The topological polar surface area (TPSA) is 101 Å². The van der Waals surface area contributed by atoms with E-state index < -0.39 is 16.0 Å². The summed E-state index contributed by atoms with van der Waals surface area (Å²) >= 11 is 0. The lowest BCUT2D eigenvalue weighted by Gasteiger charge is -2.08. The number of benzene rings is 1. The van der Waals surface area contributed by atoms with Crippen LogP contribution in [0.1, 0.15) is 5.56 Å². The maximum atomic E-state index is 12.1. The van der Waals surface area contributed by atoms with Gasteiger partial charge in [-0.05, 0) is 18.6 Å². The molecule has 0 aliphatic rings. The summed E-state index contributed by atoms with van der Waals surface area (Å²) < 4.78 is 27.8. The summed E-state index contributed by atoms with van der Waals surface area (Å²) in [5.41, 5.74) is 1.26. The number of nitrogens with zero attached hydrogens (tertiary/aromatic N) is 2. The van der Waals surface area contributed by atoms with E-state index >= 15 is 0 Å². The van der Waals surface area contributed by atoms with Gasteiger partial charge in [0.2, 0.25) is 0 Å². The lowest BCUT2D eigenvalue weighted by Crippen LogP contribution is -2.13. The van der Waals surface area contributed by atoms with Gasteiger partial charge in [0.15, 0.2) is 0 Å². The van der Waals surface area contributed by atoms with Crippen LogP contribution in [0.3, 0.4) is 0 Å². The summed E-state index contributed by atoms with van der Waals surface area (Å²) in [6.45, 7) is 1.39. The Hall–Kier alpha value is -2.35. The Morgan fingerprint density at radius 1 is 1.40 bits per heavy atom. The SMILES string of the molecule is Cc1ccccc1NS(=O)(=O)c1cnn(CC(=O)O)c1. The van der Waals surface area contributed by atoms with Crippen LogP contribution in [-0.4, -0.2) is 29.3 Å². The van der Waals surface area contributed by atoms with Crippen LogP contribution < -0.4 is 4.72 Å². The highest BCUT2D eigenvalue weighted by Crippen LogP contribution is 2.18. The van der Waals surface area contributed by atoms with E-state index in [-0.39, 0.29) is 11.4 Å². The van der Waals surface area contributed by atoms with E-state index in [0.29, 0.717) is 5.69 Å². The zero-order chi connectivity index (χ0) is 14.8. The number of carbonyl (C=O) groups is 1. The van der Waals surface area contributed by atoms with Gasteiger partial charge in [-0.15, -0.1) is 0 Å².